The molecule has 27 heavy (non-hydrogen) atoms. The summed E-state index contributed by atoms with van der Waals surface area (Å²) in [5.41, 5.74) is 1.77. The molecular formula is C20H20N4O3. The first kappa shape index (κ1) is 17.2. The van der Waals surface area contributed by atoms with E-state index in [0.717, 1.165) is 12.2 Å². The molecule has 1 aromatic carbocycles. The van der Waals surface area contributed by atoms with E-state index in [1.54, 1.807) is 29.4 Å². The van der Waals surface area contributed by atoms with E-state index in [9.17, 15) is 4.79 Å². The standard InChI is InChI=1S/C20H20N4O3/c1-14-4-6-17(7-5-14)26-13-18-22-19(23-27-18)16-8-10-24(12-16)20(25)15-3-2-9-21-11-15/h2-7,9,11,16H,8,10,12-13H2,1H3. The monoisotopic (exact) mass is 364 g/mol. The zero-order valence-electron chi connectivity index (χ0n) is 15.0. The number of likely N-dealkylation sites (tertiary alicyclic amines) is 1. The SMILES string of the molecule is Cc1ccc(OCc2nc(C3CCN(C(=O)c4cccnc4)C3)no2)cc1. The molecule has 7 nitrogen and oxygen atoms in total. The van der Waals surface area contributed by atoms with Gasteiger partial charge in [-0.25, -0.2) is 0 Å². The minimum atomic E-state index is -0.0166. The number of benzene rings is 1. The molecule has 0 saturated carbocycles. The van der Waals surface area contributed by atoms with E-state index in [0.29, 0.717) is 30.4 Å². The molecule has 1 saturated heterocycles. The first-order valence-corrected chi connectivity index (χ1v) is 8.90. The second-order valence-electron chi connectivity index (χ2n) is 6.63. The first-order chi connectivity index (χ1) is 13.2. The fourth-order valence-electron chi connectivity index (χ4n) is 3.10. The molecule has 1 atom stereocenters. The van der Waals surface area contributed by atoms with Crippen LogP contribution >= 0.6 is 0 Å². The number of carbonyl (C=O) groups excluding carboxylic acids is 1. The summed E-state index contributed by atoms with van der Waals surface area (Å²) in [6, 6.07) is 11.3. The van der Waals surface area contributed by atoms with Gasteiger partial charge in [0.15, 0.2) is 12.4 Å². The number of ether oxygens (including phenoxy) is 1. The lowest BCUT2D eigenvalue weighted by Crippen LogP contribution is -2.28. The fraction of sp³-hybridized carbons (Fsp3) is 0.300. The highest BCUT2D eigenvalue weighted by molar-refractivity contribution is 5.94. The van der Waals surface area contributed by atoms with Crippen LogP contribution in [0.3, 0.4) is 0 Å². The summed E-state index contributed by atoms with van der Waals surface area (Å²) < 4.78 is 11.0. The molecule has 0 spiro atoms. The van der Waals surface area contributed by atoms with Crippen LogP contribution in [-0.4, -0.2) is 39.0 Å². The Bertz CT molecular complexity index is 908. The number of rotatable bonds is 5. The summed E-state index contributed by atoms with van der Waals surface area (Å²) in [6.45, 7) is 3.49. The number of hydrogen-bond acceptors (Lipinski definition) is 6. The van der Waals surface area contributed by atoms with Crippen LogP contribution in [0.4, 0.5) is 0 Å². The third-order valence-electron chi connectivity index (χ3n) is 4.62. The summed E-state index contributed by atoms with van der Waals surface area (Å²) in [5.74, 6) is 1.87. The molecule has 3 aromatic rings. The molecule has 138 valence electrons. The Labute approximate surface area is 157 Å². The third-order valence-corrected chi connectivity index (χ3v) is 4.62. The number of hydrogen-bond donors (Lipinski definition) is 0. The van der Waals surface area contributed by atoms with Gasteiger partial charge in [0, 0.05) is 31.4 Å². The molecule has 1 amide bonds. The maximum atomic E-state index is 12.5. The van der Waals surface area contributed by atoms with Gasteiger partial charge in [-0.1, -0.05) is 22.9 Å². The van der Waals surface area contributed by atoms with Crippen molar-refractivity contribution < 1.29 is 14.1 Å². The van der Waals surface area contributed by atoms with E-state index in [1.165, 1.54) is 5.56 Å². The highest BCUT2D eigenvalue weighted by Gasteiger charge is 2.31. The highest BCUT2D eigenvalue weighted by Crippen LogP contribution is 2.26. The van der Waals surface area contributed by atoms with Gasteiger partial charge in [0.2, 0.25) is 0 Å². The van der Waals surface area contributed by atoms with Crippen molar-refractivity contribution in [1.29, 1.82) is 0 Å². The van der Waals surface area contributed by atoms with E-state index in [4.69, 9.17) is 9.26 Å². The lowest BCUT2D eigenvalue weighted by Gasteiger charge is -2.15. The molecule has 7 heteroatoms. The number of aryl methyl sites for hydroxylation is 1. The van der Waals surface area contributed by atoms with Crippen LogP contribution in [0.1, 0.15) is 40.0 Å². The molecule has 0 bridgehead atoms. The van der Waals surface area contributed by atoms with Crippen LogP contribution in [-0.2, 0) is 6.61 Å². The molecule has 1 fully saturated rings. The normalized spacial score (nSPS) is 16.5. The molecule has 4 rings (SSSR count). The minimum Gasteiger partial charge on any atom is -0.484 e. The van der Waals surface area contributed by atoms with E-state index in [-0.39, 0.29) is 18.4 Å². The van der Waals surface area contributed by atoms with Crippen LogP contribution in [0, 0.1) is 6.92 Å². The maximum absolute atomic E-state index is 12.5. The van der Waals surface area contributed by atoms with E-state index >= 15 is 0 Å². The summed E-state index contributed by atoms with van der Waals surface area (Å²) >= 11 is 0. The number of carbonyl (C=O) groups is 1. The second kappa shape index (κ2) is 7.57. The molecule has 3 heterocycles. The van der Waals surface area contributed by atoms with Gasteiger partial charge in [-0.2, -0.15) is 4.98 Å². The number of amides is 1. The van der Waals surface area contributed by atoms with Crippen LogP contribution < -0.4 is 4.74 Å². The Kier molecular flexibility index (Phi) is 4.82. The highest BCUT2D eigenvalue weighted by atomic mass is 16.5. The molecule has 1 unspecified atom stereocenters. The molecule has 2 aromatic heterocycles. The van der Waals surface area contributed by atoms with Crippen molar-refractivity contribution in [2.24, 2.45) is 0 Å². The average molecular weight is 364 g/mol. The predicted octanol–water partition coefficient (Wildman–Crippen LogP) is 2.98. The van der Waals surface area contributed by atoms with E-state index < -0.39 is 0 Å². The van der Waals surface area contributed by atoms with Gasteiger partial charge in [-0.15, -0.1) is 0 Å². The molecule has 0 N–H and O–H groups in total. The molecular weight excluding hydrogens is 344 g/mol. The summed E-state index contributed by atoms with van der Waals surface area (Å²) in [5, 5.41) is 4.07. The molecule has 0 aliphatic carbocycles. The molecule has 1 aliphatic rings. The zero-order valence-corrected chi connectivity index (χ0v) is 15.0. The quantitative estimate of drug-likeness (QED) is 0.692. The smallest absolute Gasteiger partial charge is 0.264 e. The lowest BCUT2D eigenvalue weighted by atomic mass is 10.1. The topological polar surface area (TPSA) is 81.4 Å². The lowest BCUT2D eigenvalue weighted by molar-refractivity contribution is 0.0790. The van der Waals surface area contributed by atoms with Crippen molar-refractivity contribution in [2.45, 2.75) is 25.9 Å². The van der Waals surface area contributed by atoms with Gasteiger partial charge in [-0.3, -0.25) is 9.78 Å². The Morgan fingerprint density at radius 2 is 2.15 bits per heavy atom. The van der Waals surface area contributed by atoms with Crippen molar-refractivity contribution in [3.05, 3.63) is 71.6 Å². The molecule has 0 radical (unpaired) electrons. The Balaban J connectivity index is 1.35. The van der Waals surface area contributed by atoms with Gasteiger partial charge in [0.25, 0.3) is 11.8 Å². The number of aromatic nitrogens is 3. The Hall–Kier alpha value is -3.22. The third kappa shape index (κ3) is 3.97. The van der Waals surface area contributed by atoms with Crippen molar-refractivity contribution >= 4 is 5.91 Å². The van der Waals surface area contributed by atoms with Crippen molar-refractivity contribution in [2.75, 3.05) is 13.1 Å². The largest absolute Gasteiger partial charge is 0.484 e. The Morgan fingerprint density at radius 3 is 2.93 bits per heavy atom. The van der Waals surface area contributed by atoms with Crippen molar-refractivity contribution in [3.8, 4) is 5.75 Å². The van der Waals surface area contributed by atoms with Crippen LogP contribution in [0.15, 0.2) is 53.3 Å². The van der Waals surface area contributed by atoms with Gasteiger partial charge < -0.3 is 14.2 Å². The van der Waals surface area contributed by atoms with Crippen LogP contribution in [0.25, 0.3) is 0 Å². The van der Waals surface area contributed by atoms with Gasteiger partial charge in [0.05, 0.1) is 5.56 Å². The van der Waals surface area contributed by atoms with Gasteiger partial charge in [-0.05, 0) is 37.6 Å². The zero-order chi connectivity index (χ0) is 18.6. The first-order valence-electron chi connectivity index (χ1n) is 8.90. The average Bonchev–Trinajstić information content (AvgIpc) is 3.37. The summed E-state index contributed by atoms with van der Waals surface area (Å²) in [6.07, 6.45) is 4.05. The van der Waals surface area contributed by atoms with E-state index in [2.05, 4.69) is 15.1 Å². The van der Waals surface area contributed by atoms with Crippen molar-refractivity contribution in [1.82, 2.24) is 20.0 Å². The predicted molar refractivity (Wildman–Crippen MR) is 97.3 cm³/mol. The minimum absolute atomic E-state index is 0.0166. The fourth-order valence-corrected chi connectivity index (χ4v) is 3.10. The van der Waals surface area contributed by atoms with Crippen LogP contribution in [0.5, 0.6) is 5.75 Å². The Morgan fingerprint density at radius 1 is 1.30 bits per heavy atom. The van der Waals surface area contributed by atoms with Gasteiger partial charge in [0.1, 0.15) is 5.75 Å². The maximum Gasteiger partial charge on any atom is 0.264 e. The second-order valence-corrected chi connectivity index (χ2v) is 6.63. The van der Waals surface area contributed by atoms with Gasteiger partial charge >= 0.3 is 0 Å². The molecule has 1 aliphatic heterocycles. The summed E-state index contributed by atoms with van der Waals surface area (Å²) in [4.78, 5) is 22.8. The van der Waals surface area contributed by atoms with Crippen LogP contribution in [0.2, 0.25) is 0 Å². The number of pyridine rings is 1. The summed E-state index contributed by atoms with van der Waals surface area (Å²) in [7, 11) is 0. The van der Waals surface area contributed by atoms with Crippen molar-refractivity contribution in [3.63, 3.8) is 0 Å². The number of nitrogens with zero attached hydrogens (tertiary/aromatic N) is 4. The van der Waals surface area contributed by atoms with E-state index in [1.807, 2.05) is 31.2 Å².